The summed E-state index contributed by atoms with van der Waals surface area (Å²) in [5.41, 5.74) is 1.33. The number of carbonyl (C=O) groups is 2. The molecule has 0 saturated heterocycles. The van der Waals surface area contributed by atoms with E-state index in [0.29, 0.717) is 5.56 Å². The number of carbonyl (C=O) groups excluding carboxylic acids is 2. The SMILES string of the molecule is CN(C)C(=O)COC(=O)/C=C/c1ccc(C#N)cc1. The van der Waals surface area contributed by atoms with Crippen LogP contribution in [0.1, 0.15) is 11.1 Å². The lowest BCUT2D eigenvalue weighted by Gasteiger charge is -2.09. The maximum Gasteiger partial charge on any atom is 0.331 e. The minimum atomic E-state index is -0.584. The van der Waals surface area contributed by atoms with Crippen LogP contribution >= 0.6 is 0 Å². The van der Waals surface area contributed by atoms with Gasteiger partial charge in [-0.25, -0.2) is 4.79 Å². The van der Waals surface area contributed by atoms with Crippen molar-refractivity contribution >= 4 is 18.0 Å². The summed E-state index contributed by atoms with van der Waals surface area (Å²) in [4.78, 5) is 23.9. The zero-order valence-electron chi connectivity index (χ0n) is 10.8. The number of likely N-dealkylation sites (N-methyl/N-ethyl adjacent to an activating group) is 1. The molecular formula is C14H14N2O3. The number of esters is 1. The monoisotopic (exact) mass is 258 g/mol. The van der Waals surface area contributed by atoms with Gasteiger partial charge >= 0.3 is 5.97 Å². The van der Waals surface area contributed by atoms with Crippen LogP contribution in [0.25, 0.3) is 6.08 Å². The van der Waals surface area contributed by atoms with Crippen LogP contribution in [0.15, 0.2) is 30.3 Å². The van der Waals surface area contributed by atoms with Crippen LogP contribution in [-0.2, 0) is 14.3 Å². The van der Waals surface area contributed by atoms with Gasteiger partial charge in [-0.1, -0.05) is 12.1 Å². The molecule has 1 aromatic carbocycles. The minimum Gasteiger partial charge on any atom is -0.452 e. The van der Waals surface area contributed by atoms with E-state index >= 15 is 0 Å². The second kappa shape index (κ2) is 6.97. The average Bonchev–Trinajstić information content (AvgIpc) is 2.42. The molecule has 0 N–H and O–H groups in total. The molecule has 0 heterocycles. The van der Waals surface area contributed by atoms with Gasteiger partial charge in [-0.3, -0.25) is 4.79 Å². The Morgan fingerprint density at radius 3 is 2.47 bits per heavy atom. The largest absolute Gasteiger partial charge is 0.452 e. The molecule has 0 aliphatic rings. The first-order valence-corrected chi connectivity index (χ1v) is 5.58. The maximum atomic E-state index is 11.3. The van der Waals surface area contributed by atoms with Gasteiger partial charge in [-0.2, -0.15) is 5.26 Å². The Hall–Kier alpha value is -2.61. The third-order valence-electron chi connectivity index (χ3n) is 2.29. The fourth-order valence-electron chi connectivity index (χ4n) is 1.14. The molecule has 0 aliphatic heterocycles. The quantitative estimate of drug-likeness (QED) is 0.601. The molecule has 0 fully saturated rings. The summed E-state index contributed by atoms with van der Waals surface area (Å²) in [5, 5.41) is 8.64. The molecule has 1 aromatic rings. The van der Waals surface area contributed by atoms with E-state index < -0.39 is 5.97 Å². The van der Waals surface area contributed by atoms with Gasteiger partial charge in [0.05, 0.1) is 11.6 Å². The molecule has 0 spiro atoms. The van der Waals surface area contributed by atoms with Crippen molar-refractivity contribution in [3.63, 3.8) is 0 Å². The highest BCUT2D eigenvalue weighted by Gasteiger charge is 2.06. The predicted octanol–water partition coefficient (Wildman–Crippen LogP) is 1.20. The molecule has 1 rings (SSSR count). The van der Waals surface area contributed by atoms with Crippen molar-refractivity contribution in [2.24, 2.45) is 0 Å². The zero-order chi connectivity index (χ0) is 14.3. The number of amides is 1. The summed E-state index contributed by atoms with van der Waals surface area (Å²) in [7, 11) is 3.17. The maximum absolute atomic E-state index is 11.3. The second-order valence-corrected chi connectivity index (χ2v) is 3.96. The Kier molecular flexibility index (Phi) is 5.30. The molecular weight excluding hydrogens is 244 g/mol. The van der Waals surface area contributed by atoms with Gasteiger partial charge in [0.1, 0.15) is 0 Å². The van der Waals surface area contributed by atoms with E-state index in [1.807, 2.05) is 6.07 Å². The molecule has 0 saturated carbocycles. The Morgan fingerprint density at radius 1 is 1.32 bits per heavy atom. The van der Waals surface area contributed by atoms with Crippen LogP contribution in [0.3, 0.4) is 0 Å². The summed E-state index contributed by atoms with van der Waals surface area (Å²) in [6, 6.07) is 8.74. The number of benzene rings is 1. The van der Waals surface area contributed by atoms with E-state index in [1.54, 1.807) is 44.4 Å². The average molecular weight is 258 g/mol. The first-order valence-electron chi connectivity index (χ1n) is 5.58. The third-order valence-corrected chi connectivity index (χ3v) is 2.29. The standard InChI is InChI=1S/C14H14N2O3/c1-16(2)13(17)10-19-14(18)8-7-11-3-5-12(9-15)6-4-11/h3-8H,10H2,1-2H3/b8-7+. The third kappa shape index (κ3) is 5.04. The van der Waals surface area contributed by atoms with Crippen molar-refractivity contribution < 1.29 is 14.3 Å². The highest BCUT2D eigenvalue weighted by molar-refractivity contribution is 5.89. The fraction of sp³-hybridized carbons (Fsp3) is 0.214. The van der Waals surface area contributed by atoms with Crippen molar-refractivity contribution in [2.75, 3.05) is 20.7 Å². The van der Waals surface area contributed by atoms with E-state index in [1.165, 1.54) is 11.0 Å². The topological polar surface area (TPSA) is 70.4 Å². The molecule has 5 nitrogen and oxygen atoms in total. The smallest absolute Gasteiger partial charge is 0.331 e. The summed E-state index contributed by atoms with van der Waals surface area (Å²) in [5.74, 6) is -0.861. The molecule has 19 heavy (non-hydrogen) atoms. The molecule has 0 atom stereocenters. The molecule has 0 unspecified atom stereocenters. The first-order chi connectivity index (χ1) is 9.02. The summed E-state index contributed by atoms with van der Waals surface area (Å²) in [6.45, 7) is -0.274. The fourth-order valence-corrected chi connectivity index (χ4v) is 1.14. The number of hydrogen-bond donors (Lipinski definition) is 0. The van der Waals surface area contributed by atoms with Crippen molar-refractivity contribution in [3.8, 4) is 6.07 Å². The lowest BCUT2D eigenvalue weighted by Crippen LogP contribution is -2.27. The van der Waals surface area contributed by atoms with Gasteiger partial charge in [-0.05, 0) is 23.8 Å². The van der Waals surface area contributed by atoms with Crippen LogP contribution < -0.4 is 0 Å². The minimum absolute atomic E-state index is 0.274. The Labute approximate surface area is 111 Å². The molecule has 0 aliphatic carbocycles. The van der Waals surface area contributed by atoms with E-state index in [2.05, 4.69) is 0 Å². The van der Waals surface area contributed by atoms with E-state index in [9.17, 15) is 9.59 Å². The number of rotatable bonds is 4. The molecule has 0 radical (unpaired) electrons. The Bertz CT molecular complexity index is 525. The summed E-state index contributed by atoms with van der Waals surface area (Å²) in [6.07, 6.45) is 2.80. The van der Waals surface area contributed by atoms with Crippen LogP contribution in [-0.4, -0.2) is 37.5 Å². The van der Waals surface area contributed by atoms with Crippen LogP contribution in [0.4, 0.5) is 0 Å². The van der Waals surface area contributed by atoms with Crippen LogP contribution in [0.5, 0.6) is 0 Å². The number of ether oxygens (including phenoxy) is 1. The number of nitrogens with zero attached hydrogens (tertiary/aromatic N) is 2. The van der Waals surface area contributed by atoms with Crippen molar-refractivity contribution in [1.29, 1.82) is 5.26 Å². The van der Waals surface area contributed by atoms with Gasteiger partial charge < -0.3 is 9.64 Å². The second-order valence-electron chi connectivity index (χ2n) is 3.96. The highest BCUT2D eigenvalue weighted by Crippen LogP contribution is 2.05. The van der Waals surface area contributed by atoms with Crippen LogP contribution in [0, 0.1) is 11.3 Å². The van der Waals surface area contributed by atoms with E-state index in [4.69, 9.17) is 10.00 Å². The first kappa shape index (κ1) is 14.5. The zero-order valence-corrected chi connectivity index (χ0v) is 10.8. The molecule has 98 valence electrons. The lowest BCUT2D eigenvalue weighted by molar-refractivity contribution is -0.146. The predicted molar refractivity (Wildman–Crippen MR) is 69.8 cm³/mol. The molecule has 0 aromatic heterocycles. The Balaban J connectivity index is 2.49. The molecule has 0 bridgehead atoms. The van der Waals surface area contributed by atoms with Crippen molar-refractivity contribution in [2.45, 2.75) is 0 Å². The van der Waals surface area contributed by atoms with Gasteiger partial charge in [0, 0.05) is 20.2 Å². The van der Waals surface area contributed by atoms with Gasteiger partial charge in [0.2, 0.25) is 0 Å². The van der Waals surface area contributed by atoms with E-state index in [0.717, 1.165) is 5.56 Å². The van der Waals surface area contributed by atoms with Gasteiger partial charge in [0.15, 0.2) is 6.61 Å². The number of hydrogen-bond acceptors (Lipinski definition) is 4. The van der Waals surface area contributed by atoms with Gasteiger partial charge in [-0.15, -0.1) is 0 Å². The Morgan fingerprint density at radius 2 is 1.95 bits per heavy atom. The van der Waals surface area contributed by atoms with E-state index in [-0.39, 0.29) is 12.5 Å². The normalized spacial score (nSPS) is 9.95. The molecule has 1 amide bonds. The van der Waals surface area contributed by atoms with Crippen molar-refractivity contribution in [1.82, 2.24) is 4.90 Å². The van der Waals surface area contributed by atoms with Crippen LogP contribution in [0.2, 0.25) is 0 Å². The number of nitriles is 1. The highest BCUT2D eigenvalue weighted by atomic mass is 16.5. The van der Waals surface area contributed by atoms with Gasteiger partial charge in [0.25, 0.3) is 5.91 Å². The lowest BCUT2D eigenvalue weighted by atomic mass is 10.1. The summed E-state index contributed by atoms with van der Waals surface area (Å²) < 4.78 is 4.76. The molecule has 5 heteroatoms. The van der Waals surface area contributed by atoms with Crippen molar-refractivity contribution in [3.05, 3.63) is 41.5 Å². The summed E-state index contributed by atoms with van der Waals surface area (Å²) >= 11 is 0.